The molecule has 27 heavy (non-hydrogen) atoms. The zero-order valence-corrected chi connectivity index (χ0v) is 15.8. The minimum absolute atomic E-state index is 0.153. The second-order valence-corrected chi connectivity index (χ2v) is 7.46. The summed E-state index contributed by atoms with van der Waals surface area (Å²) in [7, 11) is 0. The highest BCUT2D eigenvalue weighted by Crippen LogP contribution is 2.36. The lowest BCUT2D eigenvalue weighted by molar-refractivity contribution is -0.144. The third-order valence-corrected chi connectivity index (χ3v) is 5.47. The van der Waals surface area contributed by atoms with Crippen LogP contribution in [0.3, 0.4) is 0 Å². The molecule has 2 heterocycles. The Kier molecular flexibility index (Phi) is 5.48. The first kappa shape index (κ1) is 19.3. The predicted octanol–water partition coefficient (Wildman–Crippen LogP) is 1.36. The Morgan fingerprint density at radius 3 is 2.96 bits per heavy atom. The van der Waals surface area contributed by atoms with Gasteiger partial charge in [0.05, 0.1) is 11.0 Å². The number of unbranched alkanes of at least 4 members (excludes halogenated alkanes) is 1. The maximum atomic E-state index is 13.2. The molecular weight excluding hydrogens is 346 g/mol. The van der Waals surface area contributed by atoms with Gasteiger partial charge in [-0.05, 0) is 63.8 Å². The van der Waals surface area contributed by atoms with Crippen LogP contribution in [0.25, 0.3) is 11.0 Å². The van der Waals surface area contributed by atoms with Crippen LogP contribution >= 0.6 is 0 Å². The Morgan fingerprint density at radius 1 is 1.48 bits per heavy atom. The Balaban J connectivity index is 1.87. The fourth-order valence-corrected chi connectivity index (χ4v) is 3.76. The van der Waals surface area contributed by atoms with Crippen molar-refractivity contribution in [3.05, 3.63) is 29.6 Å². The first-order chi connectivity index (χ1) is 12.9. The number of nitrogens with two attached hydrogens (primary N) is 1. The van der Waals surface area contributed by atoms with Crippen LogP contribution in [-0.2, 0) is 15.0 Å². The lowest BCUT2D eigenvalue weighted by Crippen LogP contribution is -2.49. The number of carbonyl (C=O) groups is 2. The predicted molar refractivity (Wildman–Crippen MR) is 101 cm³/mol. The summed E-state index contributed by atoms with van der Waals surface area (Å²) in [6, 6.07) is 5.21. The molecule has 2 atom stereocenters. The van der Waals surface area contributed by atoms with Crippen molar-refractivity contribution < 1.29 is 14.8 Å². The van der Waals surface area contributed by atoms with E-state index in [1.807, 2.05) is 32.0 Å². The Morgan fingerprint density at radius 2 is 2.26 bits per heavy atom. The third kappa shape index (κ3) is 3.54. The molecule has 8 nitrogen and oxygen atoms in total. The second kappa shape index (κ2) is 7.66. The van der Waals surface area contributed by atoms with Gasteiger partial charge in [0.1, 0.15) is 17.3 Å². The van der Waals surface area contributed by atoms with Crippen LogP contribution in [0, 0.1) is 6.92 Å². The molecule has 0 bridgehead atoms. The number of likely N-dealkylation sites (tertiary alicyclic amines) is 1. The number of aromatic nitrogens is 2. The summed E-state index contributed by atoms with van der Waals surface area (Å²) in [4.78, 5) is 34.9. The summed E-state index contributed by atoms with van der Waals surface area (Å²) in [5.74, 6) is -0.106. The second-order valence-electron chi connectivity index (χ2n) is 7.46. The van der Waals surface area contributed by atoms with Gasteiger partial charge in [0.15, 0.2) is 0 Å². The number of rotatable bonds is 7. The molecule has 146 valence electrons. The maximum absolute atomic E-state index is 13.2. The number of hydrogen-bond acceptors (Lipinski definition) is 5. The van der Waals surface area contributed by atoms with E-state index in [0.717, 1.165) is 23.0 Å². The van der Waals surface area contributed by atoms with Crippen LogP contribution in [0.2, 0.25) is 0 Å². The molecule has 1 aliphatic rings. The van der Waals surface area contributed by atoms with E-state index < -0.39 is 17.4 Å². The molecule has 2 amide bonds. The van der Waals surface area contributed by atoms with Gasteiger partial charge in [-0.3, -0.25) is 14.8 Å². The molecule has 1 aromatic heterocycles. The fraction of sp³-hybridized carbons (Fsp3) is 0.526. The molecule has 8 heteroatoms. The third-order valence-electron chi connectivity index (χ3n) is 5.47. The summed E-state index contributed by atoms with van der Waals surface area (Å²) in [6.45, 7) is 4.82. The molecule has 1 saturated heterocycles. The monoisotopic (exact) mass is 373 g/mol. The molecule has 2 aromatic rings. The number of H-pyrrole nitrogens is 1. The molecule has 0 spiro atoms. The first-order valence-corrected chi connectivity index (χ1v) is 9.32. The van der Waals surface area contributed by atoms with Gasteiger partial charge in [-0.2, -0.15) is 0 Å². The molecule has 0 radical (unpaired) electrons. The van der Waals surface area contributed by atoms with E-state index in [-0.39, 0.29) is 5.91 Å². The lowest BCUT2D eigenvalue weighted by Gasteiger charge is -2.28. The summed E-state index contributed by atoms with van der Waals surface area (Å²) in [5, 5.41) is 9.10. The normalized spacial score (nSPS) is 21.0. The SMILES string of the molecule is Cc1ccc2nc(C3(C)CCN(C(CCCCN)C(=O)NO)C3=O)[nH]c2c1. The summed E-state index contributed by atoms with van der Waals surface area (Å²) < 4.78 is 0. The maximum Gasteiger partial charge on any atom is 0.266 e. The number of amides is 2. The van der Waals surface area contributed by atoms with Crippen LogP contribution in [-0.4, -0.2) is 51.0 Å². The highest BCUT2D eigenvalue weighted by molar-refractivity contribution is 5.94. The van der Waals surface area contributed by atoms with Crippen LogP contribution in [0.1, 0.15) is 44.0 Å². The van der Waals surface area contributed by atoms with Crippen molar-refractivity contribution in [1.82, 2.24) is 20.3 Å². The smallest absolute Gasteiger partial charge is 0.266 e. The van der Waals surface area contributed by atoms with Gasteiger partial charge in [0.2, 0.25) is 5.91 Å². The highest BCUT2D eigenvalue weighted by atomic mass is 16.5. The quantitative estimate of drug-likeness (QED) is 0.331. The highest BCUT2D eigenvalue weighted by Gasteiger charge is 2.49. The number of fused-ring (bicyclic) bond motifs is 1. The van der Waals surface area contributed by atoms with Gasteiger partial charge in [-0.25, -0.2) is 10.5 Å². The largest absolute Gasteiger partial charge is 0.341 e. The zero-order chi connectivity index (χ0) is 19.6. The van der Waals surface area contributed by atoms with Crippen molar-refractivity contribution in [2.75, 3.05) is 13.1 Å². The standard InChI is InChI=1S/C19H27N5O3/c1-12-6-7-13-14(11-12)22-17(21-13)19(2)8-10-24(18(19)26)15(16(25)23-27)5-3-4-9-20/h6-7,11,15,27H,3-5,8-10,20H2,1-2H3,(H,21,22)(H,23,25). The van der Waals surface area contributed by atoms with Gasteiger partial charge < -0.3 is 15.6 Å². The molecule has 3 rings (SSSR count). The van der Waals surface area contributed by atoms with Gasteiger partial charge in [0, 0.05) is 6.54 Å². The number of nitrogens with zero attached hydrogens (tertiary/aromatic N) is 2. The van der Waals surface area contributed by atoms with Crippen molar-refractivity contribution in [3.63, 3.8) is 0 Å². The fourth-order valence-electron chi connectivity index (χ4n) is 3.76. The number of imidazole rings is 1. The van der Waals surface area contributed by atoms with Gasteiger partial charge in [0.25, 0.3) is 5.91 Å². The van der Waals surface area contributed by atoms with Gasteiger partial charge in [-0.1, -0.05) is 6.07 Å². The van der Waals surface area contributed by atoms with Gasteiger partial charge >= 0.3 is 0 Å². The Labute approximate surface area is 158 Å². The molecule has 1 aliphatic heterocycles. The van der Waals surface area contributed by atoms with E-state index in [9.17, 15) is 9.59 Å². The summed E-state index contributed by atoms with van der Waals surface area (Å²) in [6.07, 6.45) is 2.48. The van der Waals surface area contributed by atoms with Crippen molar-refractivity contribution >= 4 is 22.8 Å². The van der Waals surface area contributed by atoms with E-state index in [0.29, 0.717) is 38.2 Å². The van der Waals surface area contributed by atoms with Gasteiger partial charge in [-0.15, -0.1) is 0 Å². The van der Waals surface area contributed by atoms with Crippen molar-refractivity contribution in [2.24, 2.45) is 5.73 Å². The minimum Gasteiger partial charge on any atom is -0.341 e. The number of aryl methyl sites for hydroxylation is 1. The summed E-state index contributed by atoms with van der Waals surface area (Å²) >= 11 is 0. The topological polar surface area (TPSA) is 124 Å². The molecule has 1 fully saturated rings. The van der Waals surface area contributed by atoms with Crippen molar-refractivity contribution in [1.29, 1.82) is 0 Å². The Bertz CT molecular complexity index is 849. The zero-order valence-electron chi connectivity index (χ0n) is 15.8. The molecule has 0 saturated carbocycles. The molecule has 0 aliphatic carbocycles. The van der Waals surface area contributed by atoms with Crippen molar-refractivity contribution in [3.8, 4) is 0 Å². The van der Waals surface area contributed by atoms with E-state index in [2.05, 4.69) is 9.97 Å². The van der Waals surface area contributed by atoms with Crippen molar-refractivity contribution in [2.45, 2.75) is 51.0 Å². The number of benzene rings is 1. The van der Waals surface area contributed by atoms with E-state index in [1.54, 1.807) is 10.4 Å². The molecule has 1 aromatic carbocycles. The number of hydrogen-bond donors (Lipinski definition) is 4. The molecule has 5 N–H and O–H groups in total. The first-order valence-electron chi connectivity index (χ1n) is 9.32. The van der Waals surface area contributed by atoms with Crippen LogP contribution in [0.15, 0.2) is 18.2 Å². The van der Waals surface area contributed by atoms with E-state index in [1.165, 1.54) is 0 Å². The average molecular weight is 373 g/mol. The summed E-state index contributed by atoms with van der Waals surface area (Å²) in [5.41, 5.74) is 9.22. The molecular formula is C19H27N5O3. The number of aromatic amines is 1. The number of hydroxylamine groups is 1. The van der Waals surface area contributed by atoms with E-state index in [4.69, 9.17) is 10.9 Å². The van der Waals surface area contributed by atoms with E-state index >= 15 is 0 Å². The van der Waals surface area contributed by atoms with Crippen LogP contribution in [0.4, 0.5) is 0 Å². The number of nitrogens with one attached hydrogen (secondary N) is 2. The lowest BCUT2D eigenvalue weighted by atomic mass is 9.88. The molecule has 2 unspecified atom stereocenters. The minimum atomic E-state index is -0.825. The number of carbonyl (C=O) groups excluding carboxylic acids is 2. The van der Waals surface area contributed by atoms with Crippen LogP contribution < -0.4 is 11.2 Å². The average Bonchev–Trinajstić information content (AvgIpc) is 3.21. The Hall–Kier alpha value is -2.45. The van der Waals surface area contributed by atoms with Crippen LogP contribution in [0.5, 0.6) is 0 Å².